The number of anilines is 2. The summed E-state index contributed by atoms with van der Waals surface area (Å²) in [6.07, 6.45) is -3.76. The lowest BCUT2D eigenvalue weighted by Crippen LogP contribution is -2.50. The third kappa shape index (κ3) is 4.20. The first kappa shape index (κ1) is 20.7. The number of nitriles is 1. The van der Waals surface area contributed by atoms with E-state index in [9.17, 15) is 32.7 Å². The Kier molecular flexibility index (Phi) is 5.54. The largest absolute Gasteiger partial charge is 0.417 e. The smallest absolute Gasteiger partial charge is 0.394 e. The van der Waals surface area contributed by atoms with Gasteiger partial charge in [0.15, 0.2) is 0 Å². The van der Waals surface area contributed by atoms with Crippen molar-refractivity contribution in [3.8, 4) is 6.07 Å². The summed E-state index contributed by atoms with van der Waals surface area (Å²) < 4.78 is 54.4. The van der Waals surface area contributed by atoms with Gasteiger partial charge in [-0.15, -0.1) is 0 Å². The second-order valence-electron chi connectivity index (χ2n) is 6.28. The van der Waals surface area contributed by atoms with Gasteiger partial charge in [0, 0.05) is 12.2 Å². The molecule has 2 N–H and O–H groups in total. The summed E-state index contributed by atoms with van der Waals surface area (Å²) in [5.74, 6) is -0.865. The van der Waals surface area contributed by atoms with Crippen LogP contribution in [0.2, 0.25) is 0 Å². The monoisotopic (exact) mass is 424 g/mol. The van der Waals surface area contributed by atoms with Crippen molar-refractivity contribution in [3.63, 3.8) is 0 Å². The fourth-order valence-electron chi connectivity index (χ4n) is 3.00. The lowest BCUT2D eigenvalue weighted by atomic mass is 10.1. The fourth-order valence-corrected chi connectivity index (χ4v) is 5.32. The van der Waals surface area contributed by atoms with Gasteiger partial charge in [0.1, 0.15) is 29.1 Å². The molecular weight excluding hydrogens is 410 g/mol. The van der Waals surface area contributed by atoms with Crippen LogP contribution in [0.4, 0.5) is 34.0 Å². The van der Waals surface area contributed by atoms with Gasteiger partial charge in [0.25, 0.3) is 0 Å². The van der Waals surface area contributed by atoms with Gasteiger partial charge in [-0.2, -0.15) is 18.4 Å². The highest BCUT2D eigenvalue weighted by Gasteiger charge is 2.45. The Balaban J connectivity index is 1.99. The van der Waals surface area contributed by atoms with Crippen LogP contribution in [-0.2, 0) is 6.18 Å². The number of hydrogen-bond donors (Lipinski definition) is 2. The summed E-state index contributed by atoms with van der Waals surface area (Å²) in [5, 5.41) is 22.1. The quantitative estimate of drug-likeness (QED) is 0.580. The first-order chi connectivity index (χ1) is 13.6. The lowest BCUT2D eigenvalue weighted by molar-refractivity contribution is -0.137. The van der Waals surface area contributed by atoms with E-state index in [1.54, 1.807) is 0 Å². The molecule has 1 aliphatic heterocycles. The molecule has 0 saturated carbocycles. The number of amides is 1. The molecule has 3 rings (SSSR count). The van der Waals surface area contributed by atoms with Crippen LogP contribution in [0.25, 0.3) is 0 Å². The minimum Gasteiger partial charge on any atom is -0.394 e. The molecule has 0 aromatic carbocycles. The highest BCUT2D eigenvalue weighted by molar-refractivity contribution is 6.95. The Labute approximate surface area is 164 Å². The minimum atomic E-state index is -4.78. The zero-order valence-electron chi connectivity index (χ0n) is 15.0. The van der Waals surface area contributed by atoms with Crippen LogP contribution in [-0.4, -0.2) is 41.8 Å². The average Bonchev–Trinajstić information content (AvgIpc) is 3.03. The van der Waals surface area contributed by atoms with Crippen molar-refractivity contribution in [1.82, 2.24) is 9.97 Å². The maximum absolute atomic E-state index is 13.4. The molecule has 0 unspecified atom stereocenters. The number of aliphatic hydroxyl groups excluding tert-OH is 1. The average molecular weight is 424 g/mol. The molecule has 12 heteroatoms. The summed E-state index contributed by atoms with van der Waals surface area (Å²) >= 11 is 0. The molecule has 151 valence electrons. The molecule has 3 heterocycles. The van der Waals surface area contributed by atoms with Crippen LogP contribution >= 0.6 is 0 Å². The van der Waals surface area contributed by atoms with Gasteiger partial charge in [-0.25, -0.2) is 14.4 Å². The van der Waals surface area contributed by atoms with Crippen molar-refractivity contribution in [3.05, 3.63) is 47.0 Å². The molecule has 1 fully saturated rings. The van der Waals surface area contributed by atoms with Crippen LogP contribution in [0.1, 0.15) is 23.2 Å². The van der Waals surface area contributed by atoms with Crippen LogP contribution in [0.5, 0.6) is 0 Å². The number of hydrogen-bond acceptors (Lipinski definition) is 6. The van der Waals surface area contributed by atoms with E-state index in [1.165, 1.54) is 23.6 Å². The summed E-state index contributed by atoms with van der Waals surface area (Å²) in [7, 11) is -2.55. The standard InChI is InChI=1S/C17H14F4N5O2Si/c1-9-6-12(17(19,20)21)11(7-22)15(24-9)26-5-4-14(27)29(26)16(28)25-13-3-2-10(18)8-23-13/h2-3,6,8,14,27H,4-5H2,1H3,(H,23,25,28)/t14-/m1/s1. The van der Waals surface area contributed by atoms with Crippen molar-refractivity contribution in [2.24, 2.45) is 0 Å². The predicted molar refractivity (Wildman–Crippen MR) is 95.6 cm³/mol. The highest BCUT2D eigenvalue weighted by atomic mass is 28.3. The first-order valence-electron chi connectivity index (χ1n) is 8.36. The Morgan fingerprint density at radius 3 is 2.76 bits per heavy atom. The van der Waals surface area contributed by atoms with Gasteiger partial charge in [0.05, 0.1) is 17.5 Å². The Hall–Kier alpha value is -3.04. The Bertz CT molecular complexity index is 978. The number of aromatic nitrogens is 2. The van der Waals surface area contributed by atoms with Crippen molar-refractivity contribution < 1.29 is 27.5 Å². The van der Waals surface area contributed by atoms with Crippen molar-refractivity contribution >= 4 is 26.1 Å². The summed E-state index contributed by atoms with van der Waals surface area (Å²) in [4.78, 5) is 20.5. The second-order valence-corrected chi connectivity index (χ2v) is 8.71. The zero-order valence-corrected chi connectivity index (χ0v) is 16.0. The van der Waals surface area contributed by atoms with E-state index in [2.05, 4.69) is 15.3 Å². The maximum atomic E-state index is 13.4. The van der Waals surface area contributed by atoms with Crippen molar-refractivity contribution in [2.75, 3.05) is 16.4 Å². The Morgan fingerprint density at radius 2 is 2.17 bits per heavy atom. The number of alkyl halides is 3. The molecule has 29 heavy (non-hydrogen) atoms. The number of aliphatic hydroxyl groups is 1. The first-order valence-corrected chi connectivity index (χ1v) is 9.88. The van der Waals surface area contributed by atoms with E-state index in [0.717, 1.165) is 18.3 Å². The molecule has 2 aromatic rings. The number of nitrogens with one attached hydrogen (secondary N) is 1. The topological polar surface area (TPSA) is 102 Å². The third-order valence-electron chi connectivity index (χ3n) is 4.24. The van der Waals surface area contributed by atoms with Gasteiger partial charge in [-0.1, -0.05) is 0 Å². The number of carbonyl (C=O) groups is 1. The molecule has 1 aliphatic rings. The SMILES string of the molecule is Cc1cc(C(F)(F)F)c(C#N)c(N2CC[C@H](O)[Si]2C(=O)Nc2ccc(F)cn2)n1. The van der Waals surface area contributed by atoms with E-state index in [0.29, 0.717) is 0 Å². The van der Waals surface area contributed by atoms with Gasteiger partial charge in [-0.3, -0.25) is 4.79 Å². The molecule has 7 nitrogen and oxygen atoms in total. The summed E-state index contributed by atoms with van der Waals surface area (Å²) in [5.41, 5.74) is -3.60. The Morgan fingerprint density at radius 1 is 1.45 bits per heavy atom. The highest BCUT2D eigenvalue weighted by Crippen LogP contribution is 2.37. The molecular formula is C17H14F4N5O2Si. The normalized spacial score (nSPS) is 17.3. The van der Waals surface area contributed by atoms with E-state index in [4.69, 9.17) is 0 Å². The van der Waals surface area contributed by atoms with Gasteiger partial charge < -0.3 is 15.0 Å². The summed E-state index contributed by atoms with van der Waals surface area (Å²) in [6, 6.07) is 4.59. The number of rotatable bonds is 3. The van der Waals surface area contributed by atoms with Gasteiger partial charge >= 0.3 is 15.1 Å². The maximum Gasteiger partial charge on any atom is 0.417 e. The molecule has 1 radical (unpaired) electrons. The molecule has 0 bridgehead atoms. The van der Waals surface area contributed by atoms with Crippen molar-refractivity contribution in [1.29, 1.82) is 5.26 Å². The third-order valence-corrected chi connectivity index (χ3v) is 6.76. The fraction of sp³-hybridized carbons (Fsp3) is 0.294. The molecule has 2 aromatic heterocycles. The number of nitrogens with zero attached hydrogens (tertiary/aromatic N) is 4. The zero-order chi connectivity index (χ0) is 21.3. The van der Waals surface area contributed by atoms with Gasteiger partial charge in [0.2, 0.25) is 5.53 Å². The molecule has 0 aliphatic carbocycles. The van der Waals surface area contributed by atoms with E-state index in [-0.39, 0.29) is 30.3 Å². The number of carbonyl (C=O) groups excluding carboxylic acids is 1. The van der Waals surface area contributed by atoms with E-state index < -0.39 is 43.3 Å². The van der Waals surface area contributed by atoms with Crippen LogP contribution in [0.15, 0.2) is 24.4 Å². The lowest BCUT2D eigenvalue weighted by Gasteiger charge is -2.26. The van der Waals surface area contributed by atoms with E-state index >= 15 is 0 Å². The van der Waals surface area contributed by atoms with Crippen LogP contribution < -0.4 is 9.88 Å². The number of halogens is 4. The molecule has 1 atom stereocenters. The van der Waals surface area contributed by atoms with Crippen LogP contribution in [0, 0.1) is 24.1 Å². The molecule has 0 spiro atoms. The van der Waals surface area contributed by atoms with Gasteiger partial charge in [-0.05, 0) is 31.5 Å². The van der Waals surface area contributed by atoms with E-state index in [1.807, 2.05) is 0 Å². The minimum absolute atomic E-state index is 0.0228. The van der Waals surface area contributed by atoms with Crippen molar-refractivity contribution in [2.45, 2.75) is 25.2 Å². The second kappa shape index (κ2) is 7.76. The van der Waals surface area contributed by atoms with Crippen LogP contribution in [0.3, 0.4) is 0 Å². The predicted octanol–water partition coefficient (Wildman–Crippen LogP) is 2.73. The number of aryl methyl sites for hydroxylation is 1. The summed E-state index contributed by atoms with van der Waals surface area (Å²) in [6.45, 7) is 1.41. The molecule has 1 saturated heterocycles. The number of pyridine rings is 2. The molecule has 1 amide bonds.